The minimum atomic E-state index is -0.470. The van der Waals surface area contributed by atoms with E-state index < -0.39 is 5.91 Å². The molecule has 100 valence electrons. The lowest BCUT2D eigenvalue weighted by atomic mass is 10.1. The Labute approximate surface area is 107 Å². The molecule has 0 aliphatic carbocycles. The molecule has 1 rings (SSSR count). The summed E-state index contributed by atoms with van der Waals surface area (Å²) < 4.78 is 0. The number of rotatable bonds is 5. The molecule has 1 amide bonds. The number of aromatic hydroxyl groups is 2. The van der Waals surface area contributed by atoms with Gasteiger partial charge in [-0.15, -0.1) is 0 Å². The van der Waals surface area contributed by atoms with E-state index in [1.807, 2.05) is 7.05 Å². The summed E-state index contributed by atoms with van der Waals surface area (Å²) in [4.78, 5) is 13.9. The Balaban J connectivity index is 2.56. The summed E-state index contributed by atoms with van der Waals surface area (Å²) in [6.07, 6.45) is 0. The second-order valence-electron chi connectivity index (χ2n) is 4.50. The van der Waals surface area contributed by atoms with Crippen LogP contribution in [0.4, 0.5) is 0 Å². The highest BCUT2D eigenvalue weighted by Crippen LogP contribution is 2.25. The van der Waals surface area contributed by atoms with Crippen molar-refractivity contribution in [1.29, 1.82) is 0 Å². The molecule has 0 aromatic heterocycles. The lowest BCUT2D eigenvalue weighted by Crippen LogP contribution is -2.36. The molecule has 1 aromatic rings. The topological polar surface area (TPSA) is 72.8 Å². The molecule has 0 heterocycles. The van der Waals surface area contributed by atoms with Crippen molar-refractivity contribution in [1.82, 2.24) is 10.2 Å². The number of nitrogens with one attached hydrogen (secondary N) is 1. The predicted molar refractivity (Wildman–Crippen MR) is 69.9 cm³/mol. The van der Waals surface area contributed by atoms with E-state index >= 15 is 0 Å². The van der Waals surface area contributed by atoms with Crippen LogP contribution in [0.25, 0.3) is 0 Å². The Kier molecular flexibility index (Phi) is 4.97. The van der Waals surface area contributed by atoms with Crippen LogP contribution in [0.2, 0.25) is 0 Å². The average molecular weight is 252 g/mol. The van der Waals surface area contributed by atoms with Gasteiger partial charge in [0, 0.05) is 19.1 Å². The number of carbonyl (C=O) groups is 1. The summed E-state index contributed by atoms with van der Waals surface area (Å²) in [6.45, 7) is 5.30. The quantitative estimate of drug-likeness (QED) is 0.735. The summed E-state index contributed by atoms with van der Waals surface area (Å²) in [5.41, 5.74) is -0.0790. The number of benzene rings is 1. The highest BCUT2D eigenvalue weighted by atomic mass is 16.3. The van der Waals surface area contributed by atoms with Gasteiger partial charge in [-0.1, -0.05) is 6.07 Å². The van der Waals surface area contributed by atoms with E-state index in [-0.39, 0.29) is 17.1 Å². The number of phenols is 2. The standard InChI is InChI=1S/C13H20N2O3/c1-9(2)15(3)8-7-14-13(18)12-10(16)5-4-6-11(12)17/h4-6,9,16-17H,7-8H2,1-3H3,(H,14,18). The van der Waals surface area contributed by atoms with Crippen LogP contribution < -0.4 is 5.32 Å². The van der Waals surface area contributed by atoms with Gasteiger partial charge in [0.1, 0.15) is 17.1 Å². The average Bonchev–Trinajstić information content (AvgIpc) is 2.28. The van der Waals surface area contributed by atoms with E-state index in [0.29, 0.717) is 19.1 Å². The van der Waals surface area contributed by atoms with Gasteiger partial charge in [-0.25, -0.2) is 0 Å². The van der Waals surface area contributed by atoms with Crippen LogP contribution in [-0.4, -0.2) is 47.2 Å². The van der Waals surface area contributed by atoms with Crippen molar-refractivity contribution in [2.24, 2.45) is 0 Å². The molecule has 0 unspecified atom stereocenters. The Morgan fingerprint density at radius 2 is 1.89 bits per heavy atom. The Morgan fingerprint density at radius 3 is 2.39 bits per heavy atom. The van der Waals surface area contributed by atoms with Gasteiger partial charge in [-0.05, 0) is 33.0 Å². The van der Waals surface area contributed by atoms with Crippen LogP contribution in [-0.2, 0) is 0 Å². The van der Waals surface area contributed by atoms with Crippen LogP contribution in [0.3, 0.4) is 0 Å². The molecule has 0 aliphatic rings. The Bertz CT molecular complexity index is 398. The van der Waals surface area contributed by atoms with Gasteiger partial charge < -0.3 is 20.4 Å². The molecule has 0 saturated carbocycles. The van der Waals surface area contributed by atoms with Crippen LogP contribution in [0, 0.1) is 0 Å². The summed E-state index contributed by atoms with van der Waals surface area (Å²) in [5.74, 6) is -0.905. The number of phenolic OH excluding ortho intramolecular Hbond substituents is 2. The molecular weight excluding hydrogens is 232 g/mol. The molecule has 0 spiro atoms. The smallest absolute Gasteiger partial charge is 0.258 e. The summed E-state index contributed by atoms with van der Waals surface area (Å²) in [6, 6.07) is 4.62. The van der Waals surface area contributed by atoms with Crippen LogP contribution in [0.1, 0.15) is 24.2 Å². The molecule has 18 heavy (non-hydrogen) atoms. The molecule has 1 aromatic carbocycles. The first-order chi connectivity index (χ1) is 8.43. The van der Waals surface area contributed by atoms with Crippen molar-refractivity contribution in [2.45, 2.75) is 19.9 Å². The van der Waals surface area contributed by atoms with Crippen molar-refractivity contribution in [3.63, 3.8) is 0 Å². The minimum Gasteiger partial charge on any atom is -0.507 e. The lowest BCUT2D eigenvalue weighted by Gasteiger charge is -2.21. The zero-order chi connectivity index (χ0) is 13.7. The van der Waals surface area contributed by atoms with Crippen molar-refractivity contribution < 1.29 is 15.0 Å². The molecular formula is C13H20N2O3. The van der Waals surface area contributed by atoms with E-state index in [4.69, 9.17) is 0 Å². The number of nitrogens with zero attached hydrogens (tertiary/aromatic N) is 1. The fourth-order valence-corrected chi connectivity index (χ4v) is 1.45. The summed E-state index contributed by atoms with van der Waals surface area (Å²) in [5, 5.41) is 21.7. The van der Waals surface area contributed by atoms with Crippen molar-refractivity contribution in [3.05, 3.63) is 23.8 Å². The van der Waals surface area contributed by atoms with E-state index in [1.54, 1.807) is 0 Å². The largest absolute Gasteiger partial charge is 0.507 e. The number of amides is 1. The van der Waals surface area contributed by atoms with Crippen molar-refractivity contribution >= 4 is 5.91 Å². The lowest BCUT2D eigenvalue weighted by molar-refractivity contribution is 0.0942. The Hall–Kier alpha value is -1.75. The van der Waals surface area contributed by atoms with Crippen LogP contribution in [0.15, 0.2) is 18.2 Å². The fourth-order valence-electron chi connectivity index (χ4n) is 1.45. The zero-order valence-electron chi connectivity index (χ0n) is 11.0. The van der Waals surface area contributed by atoms with Crippen LogP contribution >= 0.6 is 0 Å². The van der Waals surface area contributed by atoms with Crippen molar-refractivity contribution in [3.8, 4) is 11.5 Å². The highest BCUT2D eigenvalue weighted by molar-refractivity contribution is 5.99. The second kappa shape index (κ2) is 6.26. The highest BCUT2D eigenvalue weighted by Gasteiger charge is 2.15. The van der Waals surface area contributed by atoms with E-state index in [1.165, 1.54) is 18.2 Å². The van der Waals surface area contributed by atoms with Gasteiger partial charge in [0.25, 0.3) is 5.91 Å². The molecule has 0 saturated heterocycles. The van der Waals surface area contributed by atoms with Gasteiger partial charge in [-0.3, -0.25) is 4.79 Å². The normalized spacial score (nSPS) is 10.9. The van der Waals surface area contributed by atoms with Gasteiger partial charge in [0.2, 0.25) is 0 Å². The Morgan fingerprint density at radius 1 is 1.33 bits per heavy atom. The monoisotopic (exact) mass is 252 g/mol. The molecule has 0 fully saturated rings. The number of likely N-dealkylation sites (N-methyl/N-ethyl adjacent to an activating group) is 1. The molecule has 3 N–H and O–H groups in total. The van der Waals surface area contributed by atoms with Gasteiger partial charge >= 0.3 is 0 Å². The third-order valence-corrected chi connectivity index (χ3v) is 2.88. The van der Waals surface area contributed by atoms with Crippen LogP contribution in [0.5, 0.6) is 11.5 Å². The van der Waals surface area contributed by atoms with E-state index in [2.05, 4.69) is 24.1 Å². The SMILES string of the molecule is CC(C)N(C)CCNC(=O)c1c(O)cccc1O. The third-order valence-electron chi connectivity index (χ3n) is 2.88. The zero-order valence-corrected chi connectivity index (χ0v) is 11.0. The first kappa shape index (κ1) is 14.3. The van der Waals surface area contributed by atoms with Gasteiger partial charge in [-0.2, -0.15) is 0 Å². The molecule has 0 atom stereocenters. The van der Waals surface area contributed by atoms with Gasteiger partial charge in [0.05, 0.1) is 0 Å². The summed E-state index contributed by atoms with van der Waals surface area (Å²) >= 11 is 0. The molecule has 0 aliphatic heterocycles. The second-order valence-corrected chi connectivity index (χ2v) is 4.50. The maximum absolute atomic E-state index is 11.8. The van der Waals surface area contributed by atoms with Crippen molar-refractivity contribution in [2.75, 3.05) is 20.1 Å². The number of hydrogen-bond donors (Lipinski definition) is 3. The molecule has 5 heteroatoms. The fraction of sp³-hybridized carbons (Fsp3) is 0.462. The molecule has 0 radical (unpaired) electrons. The first-order valence-electron chi connectivity index (χ1n) is 5.93. The predicted octanol–water partition coefficient (Wildman–Crippen LogP) is 1.17. The van der Waals surface area contributed by atoms with Gasteiger partial charge in [0.15, 0.2) is 0 Å². The number of hydrogen-bond acceptors (Lipinski definition) is 4. The van der Waals surface area contributed by atoms with E-state index in [0.717, 1.165) is 0 Å². The summed E-state index contributed by atoms with van der Waals surface area (Å²) in [7, 11) is 1.97. The number of carbonyl (C=O) groups excluding carboxylic acids is 1. The molecule has 0 bridgehead atoms. The maximum atomic E-state index is 11.8. The van der Waals surface area contributed by atoms with E-state index in [9.17, 15) is 15.0 Å². The first-order valence-corrected chi connectivity index (χ1v) is 5.93. The maximum Gasteiger partial charge on any atom is 0.258 e. The minimum absolute atomic E-state index is 0.0790. The third kappa shape index (κ3) is 3.63. The molecule has 5 nitrogen and oxygen atoms in total.